The molecule has 0 aliphatic carbocycles. The molecule has 0 bridgehead atoms. The van der Waals surface area contributed by atoms with Crippen LogP contribution < -0.4 is 0 Å². The molecular weight excluding hydrogens is 326 g/mol. The average Bonchev–Trinajstić information content (AvgIpc) is 2.19. The van der Waals surface area contributed by atoms with Gasteiger partial charge in [0.25, 0.3) is 6.43 Å². The van der Waals surface area contributed by atoms with Gasteiger partial charge in [-0.15, -0.1) is 0 Å². The van der Waals surface area contributed by atoms with E-state index >= 15 is 0 Å². The molecule has 0 aliphatic rings. The first-order valence-corrected chi connectivity index (χ1v) is 4.77. The summed E-state index contributed by atoms with van der Waals surface area (Å²) < 4.78 is 41.8. The number of pyridine rings is 1. The fourth-order valence-corrected chi connectivity index (χ4v) is 1.64. The molecule has 0 unspecified atom stereocenters. The number of halogens is 4. The van der Waals surface area contributed by atoms with Crippen LogP contribution in [0.1, 0.15) is 22.5 Å². The van der Waals surface area contributed by atoms with E-state index in [0.29, 0.717) is 6.07 Å². The van der Waals surface area contributed by atoms with Crippen LogP contribution in [-0.4, -0.2) is 18.1 Å². The Labute approximate surface area is 96.8 Å². The molecule has 0 saturated carbocycles. The zero-order chi connectivity index (χ0) is 11.6. The first-order valence-electron chi connectivity index (χ1n) is 3.69. The summed E-state index contributed by atoms with van der Waals surface area (Å²) in [7, 11) is 1.06. The van der Waals surface area contributed by atoms with Crippen molar-refractivity contribution in [3.05, 3.63) is 26.8 Å². The van der Waals surface area contributed by atoms with Gasteiger partial charge in [-0.1, -0.05) is 0 Å². The van der Waals surface area contributed by atoms with Crippen LogP contribution in [-0.2, 0) is 4.74 Å². The molecule has 82 valence electrons. The van der Waals surface area contributed by atoms with E-state index in [4.69, 9.17) is 0 Å². The average molecular weight is 331 g/mol. The second-order valence-corrected chi connectivity index (χ2v) is 3.57. The molecule has 7 heteroatoms. The first kappa shape index (κ1) is 12.2. The number of methoxy groups -OCH3 is 1. The summed E-state index contributed by atoms with van der Waals surface area (Å²) in [6.45, 7) is 0. The lowest BCUT2D eigenvalue weighted by Gasteiger charge is -2.07. The van der Waals surface area contributed by atoms with Crippen LogP contribution in [0.5, 0.6) is 0 Å². The van der Waals surface area contributed by atoms with E-state index in [2.05, 4.69) is 9.72 Å². The van der Waals surface area contributed by atoms with Crippen LogP contribution >= 0.6 is 22.6 Å². The molecule has 0 aromatic carbocycles. The van der Waals surface area contributed by atoms with E-state index in [-0.39, 0.29) is 3.57 Å². The maximum Gasteiger partial charge on any atom is 0.357 e. The molecule has 15 heavy (non-hydrogen) atoms. The summed E-state index contributed by atoms with van der Waals surface area (Å²) in [5, 5.41) is 0. The van der Waals surface area contributed by atoms with Gasteiger partial charge in [0.05, 0.1) is 10.7 Å². The van der Waals surface area contributed by atoms with Gasteiger partial charge in [-0.3, -0.25) is 0 Å². The number of nitrogens with zero attached hydrogens (tertiary/aromatic N) is 1. The molecule has 0 aliphatic heterocycles. The third-order valence-corrected chi connectivity index (χ3v) is 2.70. The van der Waals surface area contributed by atoms with Gasteiger partial charge in [0.2, 0.25) is 5.95 Å². The highest BCUT2D eigenvalue weighted by atomic mass is 127. The van der Waals surface area contributed by atoms with E-state index in [0.717, 1.165) is 7.11 Å². The zero-order valence-corrected chi connectivity index (χ0v) is 9.59. The maximum absolute atomic E-state index is 12.8. The van der Waals surface area contributed by atoms with Crippen molar-refractivity contribution in [2.75, 3.05) is 7.11 Å². The van der Waals surface area contributed by atoms with Crippen molar-refractivity contribution in [1.29, 1.82) is 0 Å². The lowest BCUT2D eigenvalue weighted by molar-refractivity contribution is 0.0590. The molecule has 1 heterocycles. The van der Waals surface area contributed by atoms with Crippen LogP contribution in [0.4, 0.5) is 13.2 Å². The number of hydrogen-bond donors (Lipinski definition) is 0. The molecule has 1 aromatic rings. The Morgan fingerprint density at radius 2 is 2.20 bits per heavy atom. The minimum absolute atomic E-state index is 0.101. The van der Waals surface area contributed by atoms with Crippen molar-refractivity contribution in [3.8, 4) is 0 Å². The van der Waals surface area contributed by atoms with Crippen molar-refractivity contribution in [2.24, 2.45) is 0 Å². The Hall–Kier alpha value is -0.860. The molecule has 0 atom stereocenters. The Morgan fingerprint density at radius 3 is 2.67 bits per heavy atom. The highest BCUT2D eigenvalue weighted by Gasteiger charge is 2.22. The van der Waals surface area contributed by atoms with E-state index in [1.807, 2.05) is 0 Å². The van der Waals surface area contributed by atoms with Crippen LogP contribution in [0.2, 0.25) is 0 Å². The Kier molecular flexibility index (Phi) is 3.89. The predicted octanol–water partition coefficient (Wildman–Crippen LogP) is 2.55. The van der Waals surface area contributed by atoms with Gasteiger partial charge in [-0.05, 0) is 22.6 Å². The summed E-state index contributed by atoms with van der Waals surface area (Å²) in [4.78, 5) is 14.3. The lowest BCUT2D eigenvalue weighted by atomic mass is 10.2. The largest absolute Gasteiger partial charge is 0.464 e. The topological polar surface area (TPSA) is 39.2 Å². The first-order chi connectivity index (χ1) is 6.97. The van der Waals surface area contributed by atoms with Gasteiger partial charge < -0.3 is 4.74 Å². The van der Waals surface area contributed by atoms with Gasteiger partial charge in [0.15, 0.2) is 5.69 Å². The number of alkyl halides is 2. The predicted molar refractivity (Wildman–Crippen MR) is 53.2 cm³/mol. The summed E-state index contributed by atoms with van der Waals surface area (Å²) in [5.41, 5.74) is -1.00. The summed E-state index contributed by atoms with van der Waals surface area (Å²) in [6, 6.07) is 0.596. The third-order valence-electron chi connectivity index (χ3n) is 1.57. The molecule has 0 spiro atoms. The van der Waals surface area contributed by atoms with Gasteiger partial charge in [0.1, 0.15) is 0 Å². The normalized spacial score (nSPS) is 10.5. The maximum atomic E-state index is 12.8. The quantitative estimate of drug-likeness (QED) is 0.475. The fraction of sp³-hybridized carbons (Fsp3) is 0.250. The van der Waals surface area contributed by atoms with Gasteiger partial charge >= 0.3 is 5.97 Å². The number of ether oxygens (including phenoxy) is 1. The summed E-state index contributed by atoms with van der Waals surface area (Å²) in [5.74, 6) is -2.08. The van der Waals surface area contributed by atoms with E-state index in [1.165, 1.54) is 22.6 Å². The standard InChI is InChI=1S/C8H5F3INO2/c1-15-8(14)6-5(12)3(7(10)11)2-4(9)13-6/h2,7H,1H3. The number of rotatable bonds is 2. The third kappa shape index (κ3) is 2.58. The molecule has 0 N–H and O–H groups in total. The van der Waals surface area contributed by atoms with Crippen molar-refractivity contribution in [2.45, 2.75) is 6.43 Å². The van der Waals surface area contributed by atoms with Crippen molar-refractivity contribution >= 4 is 28.6 Å². The number of carbonyl (C=O) groups is 1. The molecule has 0 amide bonds. The fourth-order valence-electron chi connectivity index (χ4n) is 0.907. The minimum atomic E-state index is -2.86. The molecule has 0 saturated heterocycles. The summed E-state index contributed by atoms with van der Waals surface area (Å²) in [6.07, 6.45) is -2.86. The molecule has 3 nitrogen and oxygen atoms in total. The van der Waals surface area contributed by atoms with Crippen LogP contribution in [0.25, 0.3) is 0 Å². The minimum Gasteiger partial charge on any atom is -0.464 e. The highest BCUT2D eigenvalue weighted by molar-refractivity contribution is 14.1. The lowest BCUT2D eigenvalue weighted by Crippen LogP contribution is -2.10. The Balaban J connectivity index is 3.34. The number of carbonyl (C=O) groups excluding carboxylic acids is 1. The van der Waals surface area contributed by atoms with E-state index in [9.17, 15) is 18.0 Å². The number of esters is 1. The van der Waals surface area contributed by atoms with Crippen molar-refractivity contribution in [3.63, 3.8) is 0 Å². The van der Waals surface area contributed by atoms with Crippen molar-refractivity contribution in [1.82, 2.24) is 4.98 Å². The zero-order valence-electron chi connectivity index (χ0n) is 7.43. The smallest absolute Gasteiger partial charge is 0.357 e. The van der Waals surface area contributed by atoms with Crippen LogP contribution in [0, 0.1) is 9.52 Å². The van der Waals surface area contributed by atoms with E-state index in [1.54, 1.807) is 0 Å². The second kappa shape index (κ2) is 4.77. The van der Waals surface area contributed by atoms with Gasteiger partial charge in [-0.2, -0.15) is 4.39 Å². The van der Waals surface area contributed by atoms with Crippen molar-refractivity contribution < 1.29 is 22.7 Å². The number of hydrogen-bond acceptors (Lipinski definition) is 3. The molecule has 1 rings (SSSR count). The molecule has 0 radical (unpaired) electrons. The molecule has 0 fully saturated rings. The van der Waals surface area contributed by atoms with E-state index < -0.39 is 29.6 Å². The second-order valence-electron chi connectivity index (χ2n) is 2.49. The van der Waals surface area contributed by atoms with Crippen LogP contribution in [0.15, 0.2) is 6.07 Å². The van der Waals surface area contributed by atoms with Gasteiger partial charge in [-0.25, -0.2) is 18.6 Å². The SMILES string of the molecule is COC(=O)c1nc(F)cc(C(F)F)c1I. The van der Waals surface area contributed by atoms with Gasteiger partial charge in [0, 0.05) is 11.6 Å². The Bertz CT molecular complexity index is 398. The van der Waals surface area contributed by atoms with Crippen LogP contribution in [0.3, 0.4) is 0 Å². The molecule has 1 aromatic heterocycles. The monoisotopic (exact) mass is 331 g/mol. The summed E-state index contributed by atoms with van der Waals surface area (Å²) >= 11 is 1.50. The molecular formula is C8H5F3INO2. The highest BCUT2D eigenvalue weighted by Crippen LogP contribution is 2.26. The Morgan fingerprint density at radius 1 is 1.60 bits per heavy atom. The number of aromatic nitrogens is 1.